The molecule has 1 fully saturated rings. The molecular weight excluding hydrogens is 316 g/mol. The number of carbonyl (C=O) groups is 1. The molecule has 1 amide bonds. The number of hydrogen-bond donors (Lipinski definition) is 1. The monoisotopic (exact) mass is 338 g/mol. The summed E-state index contributed by atoms with van der Waals surface area (Å²) in [6.07, 6.45) is 6.10. The predicted molar refractivity (Wildman–Crippen MR) is 85.5 cm³/mol. The Hall–Kier alpha value is -0.870. The summed E-state index contributed by atoms with van der Waals surface area (Å²) in [5, 5.41) is 3.16. The molecule has 2 rings (SSSR count). The van der Waals surface area contributed by atoms with Crippen molar-refractivity contribution in [1.82, 2.24) is 10.2 Å². The SMILES string of the molecule is CN(CC(=O)NC1CCCCC1)Cc1ccc(Br)cc1. The van der Waals surface area contributed by atoms with E-state index in [0.29, 0.717) is 12.6 Å². The van der Waals surface area contributed by atoms with E-state index in [-0.39, 0.29) is 5.91 Å². The molecule has 0 bridgehead atoms. The lowest BCUT2D eigenvalue weighted by Gasteiger charge is -2.24. The molecule has 0 atom stereocenters. The summed E-state index contributed by atoms with van der Waals surface area (Å²) in [6.45, 7) is 1.26. The highest BCUT2D eigenvalue weighted by Crippen LogP contribution is 2.17. The molecule has 0 radical (unpaired) electrons. The van der Waals surface area contributed by atoms with Crippen molar-refractivity contribution in [2.45, 2.75) is 44.7 Å². The molecule has 110 valence electrons. The number of nitrogens with one attached hydrogen (secondary N) is 1. The van der Waals surface area contributed by atoms with Gasteiger partial charge in [0.1, 0.15) is 0 Å². The van der Waals surface area contributed by atoms with Crippen molar-refractivity contribution in [3.63, 3.8) is 0 Å². The Morgan fingerprint density at radius 3 is 2.55 bits per heavy atom. The first-order valence-corrected chi connectivity index (χ1v) is 8.15. The number of benzene rings is 1. The van der Waals surface area contributed by atoms with Gasteiger partial charge in [-0.15, -0.1) is 0 Å². The first kappa shape index (κ1) is 15.5. The number of carbonyl (C=O) groups excluding carboxylic acids is 1. The van der Waals surface area contributed by atoms with Crippen molar-refractivity contribution in [3.8, 4) is 0 Å². The van der Waals surface area contributed by atoms with Gasteiger partial charge in [-0.1, -0.05) is 47.3 Å². The lowest BCUT2D eigenvalue weighted by molar-refractivity contribution is -0.123. The Balaban J connectivity index is 1.74. The second-order valence-corrected chi connectivity index (χ2v) is 6.62. The Morgan fingerprint density at radius 2 is 1.90 bits per heavy atom. The molecule has 1 aliphatic carbocycles. The van der Waals surface area contributed by atoms with Gasteiger partial charge in [-0.3, -0.25) is 9.69 Å². The number of amides is 1. The maximum Gasteiger partial charge on any atom is 0.234 e. The normalized spacial score (nSPS) is 16.4. The largest absolute Gasteiger partial charge is 0.352 e. The zero-order valence-electron chi connectivity index (χ0n) is 12.1. The van der Waals surface area contributed by atoms with Crippen LogP contribution >= 0.6 is 15.9 Å². The third-order valence-corrected chi connectivity index (χ3v) is 4.28. The summed E-state index contributed by atoms with van der Waals surface area (Å²) in [6, 6.07) is 8.63. The molecule has 4 heteroatoms. The lowest BCUT2D eigenvalue weighted by atomic mass is 9.95. The van der Waals surface area contributed by atoms with E-state index in [1.165, 1.54) is 24.8 Å². The minimum absolute atomic E-state index is 0.150. The molecule has 3 nitrogen and oxygen atoms in total. The van der Waals surface area contributed by atoms with E-state index in [0.717, 1.165) is 23.9 Å². The van der Waals surface area contributed by atoms with Gasteiger partial charge in [0.25, 0.3) is 0 Å². The van der Waals surface area contributed by atoms with E-state index < -0.39 is 0 Å². The van der Waals surface area contributed by atoms with Gasteiger partial charge in [-0.05, 0) is 37.6 Å². The summed E-state index contributed by atoms with van der Waals surface area (Å²) in [7, 11) is 1.99. The number of hydrogen-bond acceptors (Lipinski definition) is 2. The molecule has 0 saturated heterocycles. The van der Waals surface area contributed by atoms with E-state index >= 15 is 0 Å². The first-order valence-electron chi connectivity index (χ1n) is 7.36. The Morgan fingerprint density at radius 1 is 1.25 bits per heavy atom. The van der Waals surface area contributed by atoms with Gasteiger partial charge in [0.05, 0.1) is 6.54 Å². The Bertz CT molecular complexity index is 427. The zero-order chi connectivity index (χ0) is 14.4. The molecular formula is C16H23BrN2O. The van der Waals surface area contributed by atoms with Crippen molar-refractivity contribution < 1.29 is 4.79 Å². The minimum Gasteiger partial charge on any atom is -0.352 e. The summed E-state index contributed by atoms with van der Waals surface area (Å²) in [4.78, 5) is 14.1. The second-order valence-electron chi connectivity index (χ2n) is 5.70. The summed E-state index contributed by atoms with van der Waals surface area (Å²) in [5.41, 5.74) is 1.22. The predicted octanol–water partition coefficient (Wildman–Crippen LogP) is 3.33. The minimum atomic E-state index is 0.150. The molecule has 1 saturated carbocycles. The van der Waals surface area contributed by atoms with E-state index in [9.17, 15) is 4.79 Å². The molecule has 1 aliphatic rings. The first-order chi connectivity index (χ1) is 9.63. The van der Waals surface area contributed by atoms with Gasteiger partial charge in [-0.2, -0.15) is 0 Å². The number of likely N-dealkylation sites (N-methyl/N-ethyl adjacent to an activating group) is 1. The van der Waals surface area contributed by atoms with Crippen LogP contribution in [0, 0.1) is 0 Å². The quantitative estimate of drug-likeness (QED) is 0.892. The molecule has 0 aliphatic heterocycles. The maximum absolute atomic E-state index is 12.0. The molecule has 1 aromatic carbocycles. The fourth-order valence-corrected chi connectivity index (χ4v) is 2.99. The van der Waals surface area contributed by atoms with Crippen LogP contribution in [0.2, 0.25) is 0 Å². The van der Waals surface area contributed by atoms with E-state index in [2.05, 4.69) is 38.3 Å². The molecule has 0 unspecified atom stereocenters. The average molecular weight is 339 g/mol. The van der Waals surface area contributed by atoms with Crippen LogP contribution in [0.1, 0.15) is 37.7 Å². The van der Waals surface area contributed by atoms with Crippen molar-refractivity contribution in [2.24, 2.45) is 0 Å². The molecule has 1 aromatic rings. The average Bonchev–Trinajstić information content (AvgIpc) is 2.42. The summed E-state index contributed by atoms with van der Waals surface area (Å²) < 4.78 is 1.08. The zero-order valence-corrected chi connectivity index (χ0v) is 13.7. The Kier molecular flexibility index (Phi) is 6.05. The fourth-order valence-electron chi connectivity index (χ4n) is 2.72. The molecule has 20 heavy (non-hydrogen) atoms. The molecule has 1 N–H and O–H groups in total. The summed E-state index contributed by atoms with van der Waals surface area (Å²) >= 11 is 3.43. The van der Waals surface area contributed by atoms with E-state index in [1.807, 2.05) is 19.2 Å². The van der Waals surface area contributed by atoms with Crippen LogP contribution < -0.4 is 5.32 Å². The molecule has 0 heterocycles. The third-order valence-electron chi connectivity index (χ3n) is 3.75. The van der Waals surface area contributed by atoms with Gasteiger partial charge in [-0.25, -0.2) is 0 Å². The number of halogens is 1. The van der Waals surface area contributed by atoms with Crippen molar-refractivity contribution >= 4 is 21.8 Å². The number of nitrogens with zero attached hydrogens (tertiary/aromatic N) is 1. The van der Waals surface area contributed by atoms with Crippen LogP contribution in [-0.4, -0.2) is 30.4 Å². The number of rotatable bonds is 5. The van der Waals surface area contributed by atoms with Gasteiger partial charge in [0.15, 0.2) is 0 Å². The Labute approximate surface area is 129 Å². The summed E-state index contributed by atoms with van der Waals surface area (Å²) in [5.74, 6) is 0.150. The highest BCUT2D eigenvalue weighted by Gasteiger charge is 2.16. The van der Waals surface area contributed by atoms with Gasteiger partial charge < -0.3 is 5.32 Å². The van der Waals surface area contributed by atoms with Crippen LogP contribution in [0.3, 0.4) is 0 Å². The second kappa shape index (κ2) is 7.79. The standard InChI is InChI=1S/C16H23BrN2O/c1-19(11-13-7-9-14(17)10-8-13)12-16(20)18-15-5-3-2-4-6-15/h7-10,15H,2-6,11-12H2,1H3,(H,18,20). The topological polar surface area (TPSA) is 32.3 Å². The van der Waals surface area contributed by atoms with Crippen LogP contribution in [0.15, 0.2) is 28.7 Å². The van der Waals surface area contributed by atoms with Crippen LogP contribution in [0.4, 0.5) is 0 Å². The van der Waals surface area contributed by atoms with Gasteiger partial charge in [0.2, 0.25) is 5.91 Å². The highest BCUT2D eigenvalue weighted by atomic mass is 79.9. The maximum atomic E-state index is 12.0. The molecule has 0 aromatic heterocycles. The van der Waals surface area contributed by atoms with Crippen molar-refractivity contribution in [2.75, 3.05) is 13.6 Å². The van der Waals surface area contributed by atoms with E-state index in [1.54, 1.807) is 0 Å². The van der Waals surface area contributed by atoms with Gasteiger partial charge in [0, 0.05) is 17.1 Å². The van der Waals surface area contributed by atoms with Crippen molar-refractivity contribution in [3.05, 3.63) is 34.3 Å². The van der Waals surface area contributed by atoms with Crippen LogP contribution in [0.25, 0.3) is 0 Å². The lowest BCUT2D eigenvalue weighted by Crippen LogP contribution is -2.41. The molecule has 0 spiro atoms. The fraction of sp³-hybridized carbons (Fsp3) is 0.562. The van der Waals surface area contributed by atoms with Crippen LogP contribution in [-0.2, 0) is 11.3 Å². The van der Waals surface area contributed by atoms with Crippen molar-refractivity contribution in [1.29, 1.82) is 0 Å². The van der Waals surface area contributed by atoms with E-state index in [4.69, 9.17) is 0 Å². The van der Waals surface area contributed by atoms with Crippen LogP contribution in [0.5, 0.6) is 0 Å². The smallest absolute Gasteiger partial charge is 0.234 e. The highest BCUT2D eigenvalue weighted by molar-refractivity contribution is 9.10. The van der Waals surface area contributed by atoms with Gasteiger partial charge >= 0.3 is 0 Å². The third kappa shape index (κ3) is 5.25.